The third kappa shape index (κ3) is 38.7. The first-order chi connectivity index (χ1) is 53.4. The van der Waals surface area contributed by atoms with Crippen LogP contribution in [-0.2, 0) is 73.5 Å². The number of rotatable bonds is 36. The first-order valence-electron chi connectivity index (χ1n) is 37.9. The van der Waals surface area contributed by atoms with E-state index in [1.807, 2.05) is 12.1 Å². The second-order valence-electron chi connectivity index (χ2n) is 28.6. The topological polar surface area (TPSA) is 524 Å². The van der Waals surface area contributed by atoms with Crippen molar-refractivity contribution in [3.8, 4) is 11.8 Å². The number of carbonyl (C=O) groups excluding carboxylic acids is 13. The summed E-state index contributed by atoms with van der Waals surface area (Å²) in [6.45, 7) is 1.44. The molecule has 114 heavy (non-hydrogen) atoms. The normalized spacial score (nSPS) is 18.6. The van der Waals surface area contributed by atoms with E-state index in [4.69, 9.17) is 0 Å². The van der Waals surface area contributed by atoms with Crippen LogP contribution >= 0.6 is 0 Å². The number of carboxylic acids is 7. The summed E-state index contributed by atoms with van der Waals surface area (Å²) in [7, 11) is 0. The molecule has 628 valence electrons. The Labute approximate surface area is 727 Å². The van der Waals surface area contributed by atoms with Gasteiger partial charge in [-0.25, -0.2) is 0 Å². The maximum Gasteiger partial charge on any atom is 3.00 e. The average Bonchev–Trinajstić information content (AvgIpc) is 0.838. The van der Waals surface area contributed by atoms with Gasteiger partial charge in [0.05, 0.1) is 79.4 Å². The van der Waals surface area contributed by atoms with Gasteiger partial charge in [0.15, 0.2) is 0 Å². The molecule has 0 aliphatic carbocycles. The van der Waals surface area contributed by atoms with Crippen LogP contribution in [0.2, 0.25) is 0 Å². The van der Waals surface area contributed by atoms with Gasteiger partial charge >= 0.3 is 85.9 Å². The fourth-order valence-corrected chi connectivity index (χ4v) is 13.7. The van der Waals surface area contributed by atoms with Gasteiger partial charge in [0.1, 0.15) is 6.04 Å². The molecule has 1 aromatic heterocycles. The summed E-state index contributed by atoms with van der Waals surface area (Å²) in [6.07, 6.45) is 7.82. The number of amides is 7. The number of aliphatic carboxylic acids is 7. The van der Waals surface area contributed by atoms with Gasteiger partial charge in [-0.2, -0.15) is 0 Å². The Bertz CT molecular complexity index is 3530. The fourth-order valence-electron chi connectivity index (χ4n) is 13.7. The Morgan fingerprint density at radius 3 is 1.41 bits per heavy atom. The van der Waals surface area contributed by atoms with E-state index in [0.717, 1.165) is 37.9 Å². The number of pyridine rings is 1. The van der Waals surface area contributed by atoms with Gasteiger partial charge in [0, 0.05) is 200 Å². The molecule has 2 radical (unpaired) electrons. The second kappa shape index (κ2) is 53.2. The molecule has 38 nitrogen and oxygen atoms in total. The van der Waals surface area contributed by atoms with Gasteiger partial charge in [0.25, 0.3) is 0 Å². The molecule has 4 saturated heterocycles. The van der Waals surface area contributed by atoms with Crippen LogP contribution in [-0.4, -0.2) is 352 Å². The number of nitrogens with one attached hydrogen (secondary N) is 7. The smallest absolute Gasteiger partial charge is 0.549 e. The Morgan fingerprint density at radius 1 is 0.526 bits per heavy atom. The number of hydrogen-bond donors (Lipinski definition) is 8. The van der Waals surface area contributed by atoms with Crippen molar-refractivity contribution in [2.24, 2.45) is 11.8 Å². The SMILES string of the molecule is CC(C(=O)NCC(=O)NC[C@H](NC(=O)CNC(=O)C(C)N1CCN(CC(=O)[O-])CCN(CC(=O)[O-])CCN(CC(=O)[O-])CC1)C(=O)NCCCc1ccc(C#Cc2cncc([C@H](CC(=O)O)NC(=O)[C@@H]3CCCN(C(=O)CCC4CCNCC4)C3)c2)cc1)N1CCN(CC(=O)[O-])CCN(CC(=O)[O-])CCN(CC(=O)[O-])CC1.[Gd+3].[Gd+3]. The molecule has 6 rings (SSSR count). The zero-order valence-electron chi connectivity index (χ0n) is 64.4. The molecular formula is C74H105Gd2N17O21. The number of aryl methyl sites for hydroxylation is 1. The van der Waals surface area contributed by atoms with E-state index < -0.39 is 167 Å². The van der Waals surface area contributed by atoms with E-state index in [9.17, 15) is 103 Å². The molecule has 40 heteroatoms. The summed E-state index contributed by atoms with van der Waals surface area (Å²) in [5.74, 6) is -7.67. The standard InChI is InChI=1S/C74H111N17O21.2Gd/c1-51(89-33-29-85(47-67(101)102)25-21-83(45-65(97)98)22-26-86(30-34-89)48-68(103)104)71(109)79-42-61(92)78-41-60(81-62(93)43-80-72(110)52(2)90-35-31-87(49-69(105)106)27-23-84(46-66(99)100)24-28-88(32-36-90)50-70(107)108)74(112)77-17-3-5-53-7-9-54(10-8-53)11-12-56-37-58(40-76-39-56)59(38-64(95)96)82-73(111)57-6-4-20-91(44-57)63(94)14-13-55-15-18-75-19-16-55;;/h7-10,37,39-40,51-52,55,57,59-60,75H,3-6,13-36,38,41-50H2,1-2H3,(H,77,112)(H,78,92)(H,79,109)(H,80,110)(H,81,93)(H,82,111)(H,95,96)(H,97,98)(H,99,100)(H,101,102)(H,103,104)(H,105,106)(H,107,108);;/q;2*+3/p-6/t51?,52?,57-,59+,60+;;/m1../s1. The molecule has 2 aromatic rings. The third-order valence-corrected chi connectivity index (χ3v) is 20.2. The summed E-state index contributed by atoms with van der Waals surface area (Å²) in [4.78, 5) is 197. The largest absolute Gasteiger partial charge is 3.00 e. The van der Waals surface area contributed by atoms with Crippen LogP contribution in [0.25, 0.3) is 0 Å². The van der Waals surface area contributed by atoms with Crippen molar-refractivity contribution in [1.82, 2.24) is 86.3 Å². The molecule has 4 fully saturated rings. The molecule has 0 bridgehead atoms. The Balaban J connectivity index is 0.0000137. The van der Waals surface area contributed by atoms with Crippen molar-refractivity contribution in [3.63, 3.8) is 0 Å². The number of benzene rings is 1. The number of hydrogen-bond acceptors (Lipinski definition) is 30. The Kier molecular flexibility index (Phi) is 46.3. The first-order valence-corrected chi connectivity index (χ1v) is 37.9. The van der Waals surface area contributed by atoms with E-state index in [2.05, 4.69) is 54.0 Å². The minimum Gasteiger partial charge on any atom is -0.549 e. The van der Waals surface area contributed by atoms with Crippen molar-refractivity contribution in [3.05, 3.63) is 65.0 Å². The molecule has 5 heterocycles. The minimum absolute atomic E-state index is 0. The van der Waals surface area contributed by atoms with Crippen LogP contribution in [0.15, 0.2) is 42.7 Å². The number of likely N-dealkylation sites (tertiary alicyclic amines) is 1. The van der Waals surface area contributed by atoms with Gasteiger partial charge in [-0.15, -0.1) is 0 Å². The van der Waals surface area contributed by atoms with Crippen molar-refractivity contribution in [2.45, 2.75) is 95.8 Å². The van der Waals surface area contributed by atoms with Gasteiger partial charge < -0.3 is 107 Å². The van der Waals surface area contributed by atoms with E-state index in [-0.39, 0.29) is 210 Å². The predicted octanol–water partition coefficient (Wildman–Crippen LogP) is -12.3. The number of carboxylic acid groups (broad SMARTS) is 7. The number of piperidine rings is 2. The van der Waals surface area contributed by atoms with Gasteiger partial charge in [0.2, 0.25) is 41.4 Å². The van der Waals surface area contributed by atoms with Crippen molar-refractivity contribution in [1.29, 1.82) is 0 Å². The Hall–Kier alpha value is -7.20. The van der Waals surface area contributed by atoms with Crippen molar-refractivity contribution in [2.75, 3.05) is 196 Å². The second-order valence-corrected chi connectivity index (χ2v) is 28.6. The summed E-state index contributed by atoms with van der Waals surface area (Å²) in [5.41, 5.74) is 2.35. The number of carbonyl (C=O) groups is 14. The van der Waals surface area contributed by atoms with Gasteiger partial charge in [-0.05, 0) is 107 Å². The molecule has 4 aliphatic rings. The summed E-state index contributed by atoms with van der Waals surface area (Å²) in [6, 6.07) is 4.40. The maximum atomic E-state index is 14.0. The molecule has 5 atom stereocenters. The first kappa shape index (κ1) is 99.2. The van der Waals surface area contributed by atoms with Crippen molar-refractivity contribution < 1.29 is 183 Å². The summed E-state index contributed by atoms with van der Waals surface area (Å²) < 4.78 is 0. The van der Waals surface area contributed by atoms with Crippen molar-refractivity contribution >= 4 is 83.1 Å². The molecule has 4 aliphatic heterocycles. The van der Waals surface area contributed by atoms with Crippen LogP contribution in [0.1, 0.15) is 93.5 Å². The molecule has 8 N–H and O–H groups in total. The minimum atomic E-state index is -1.49. The van der Waals surface area contributed by atoms with Gasteiger partial charge in [-0.1, -0.05) is 24.0 Å². The van der Waals surface area contributed by atoms with E-state index in [0.29, 0.717) is 61.3 Å². The van der Waals surface area contributed by atoms with E-state index in [1.165, 1.54) is 55.6 Å². The molecule has 0 spiro atoms. The molecule has 0 saturated carbocycles. The van der Waals surface area contributed by atoms with Crippen LogP contribution in [0.3, 0.4) is 0 Å². The molecule has 7 amide bonds. The zero-order chi connectivity index (χ0) is 81.7. The molecule has 1 aromatic carbocycles. The summed E-state index contributed by atoms with van der Waals surface area (Å²) >= 11 is 0. The molecule has 2 unspecified atom stereocenters. The summed E-state index contributed by atoms with van der Waals surface area (Å²) in [5, 5.41) is 99.2. The maximum absolute atomic E-state index is 14.0. The quantitative estimate of drug-likeness (QED) is 0.0232. The fraction of sp³-hybridized carbons (Fsp3) is 0.635. The van der Waals surface area contributed by atoms with Crippen LogP contribution < -0.4 is 67.9 Å². The van der Waals surface area contributed by atoms with Gasteiger partial charge in [-0.3, -0.25) is 82.5 Å². The molecular weight excluding hydrogens is 1780 g/mol. The number of aromatic nitrogens is 1. The van der Waals surface area contributed by atoms with Crippen LogP contribution in [0.5, 0.6) is 0 Å². The number of nitrogens with zero attached hydrogens (tertiary/aromatic N) is 10. The van der Waals surface area contributed by atoms with Crippen LogP contribution in [0, 0.1) is 104 Å². The monoisotopic (exact) mass is 1880 g/mol. The van der Waals surface area contributed by atoms with E-state index >= 15 is 0 Å². The zero-order valence-corrected chi connectivity index (χ0v) is 68.9. The average molecular weight is 1880 g/mol. The predicted molar refractivity (Wildman–Crippen MR) is 387 cm³/mol. The Morgan fingerprint density at radius 2 is 0.965 bits per heavy atom. The third-order valence-electron chi connectivity index (χ3n) is 20.2. The van der Waals surface area contributed by atoms with Crippen LogP contribution in [0.4, 0.5) is 0 Å². The van der Waals surface area contributed by atoms with E-state index in [1.54, 1.807) is 32.9 Å².